The molecule has 7 nitrogen and oxygen atoms in total. The van der Waals surface area contributed by atoms with Crippen molar-refractivity contribution in [1.29, 1.82) is 0 Å². The fourth-order valence-corrected chi connectivity index (χ4v) is 4.71. The van der Waals surface area contributed by atoms with Crippen molar-refractivity contribution in [1.82, 2.24) is 15.1 Å². The van der Waals surface area contributed by atoms with Crippen LogP contribution in [0.25, 0.3) is 0 Å². The van der Waals surface area contributed by atoms with Crippen molar-refractivity contribution in [2.75, 3.05) is 39.8 Å². The zero-order valence-electron chi connectivity index (χ0n) is 17.2. The van der Waals surface area contributed by atoms with Gasteiger partial charge in [0.15, 0.2) is 5.96 Å². The van der Waals surface area contributed by atoms with E-state index in [4.69, 9.17) is 4.74 Å². The Kier molecular flexibility index (Phi) is 9.67. The molecule has 1 N–H and O–H groups in total. The van der Waals surface area contributed by atoms with Gasteiger partial charge in [-0.15, -0.1) is 35.3 Å². The van der Waals surface area contributed by atoms with E-state index >= 15 is 0 Å². The number of piperidine rings is 1. The van der Waals surface area contributed by atoms with Crippen LogP contribution in [0.2, 0.25) is 0 Å². The first-order valence-corrected chi connectivity index (χ1v) is 11.0. The molecule has 1 saturated heterocycles. The second-order valence-corrected chi connectivity index (χ2v) is 8.17. The van der Waals surface area contributed by atoms with Gasteiger partial charge in [-0.2, -0.15) is 0 Å². The number of halogens is 1. The molecule has 1 aromatic rings. The van der Waals surface area contributed by atoms with Gasteiger partial charge in [0.05, 0.1) is 12.5 Å². The Balaban J connectivity index is 0.00000300. The summed E-state index contributed by atoms with van der Waals surface area (Å²) >= 11 is 1.78. The Morgan fingerprint density at radius 3 is 2.72 bits per heavy atom. The highest BCUT2D eigenvalue weighted by Gasteiger charge is 2.27. The maximum absolute atomic E-state index is 12.5. The second kappa shape index (κ2) is 11.7. The van der Waals surface area contributed by atoms with Crippen LogP contribution in [-0.4, -0.2) is 67.5 Å². The number of guanidine groups is 1. The van der Waals surface area contributed by atoms with Crippen LogP contribution >= 0.6 is 35.3 Å². The highest BCUT2D eigenvalue weighted by Crippen LogP contribution is 2.24. The normalized spacial score (nSPS) is 17.4. The first-order chi connectivity index (χ1) is 13.6. The molecule has 1 amide bonds. The highest BCUT2D eigenvalue weighted by molar-refractivity contribution is 14.0. The Morgan fingerprint density at radius 1 is 1.28 bits per heavy atom. The molecule has 3 heterocycles. The minimum atomic E-state index is -0.0917. The summed E-state index contributed by atoms with van der Waals surface area (Å²) in [6, 6.07) is 2.12. The summed E-state index contributed by atoms with van der Waals surface area (Å²) in [6.07, 6.45) is 2.96. The number of fused-ring (bicyclic) bond motifs is 1. The molecule has 3 rings (SSSR count). The van der Waals surface area contributed by atoms with E-state index in [0.717, 1.165) is 51.4 Å². The second-order valence-electron chi connectivity index (χ2n) is 7.17. The minimum Gasteiger partial charge on any atom is -0.466 e. The van der Waals surface area contributed by atoms with E-state index < -0.39 is 0 Å². The molecule has 162 valence electrons. The number of carbonyl (C=O) groups excluding carboxylic acids is 2. The number of nitrogens with one attached hydrogen (secondary N) is 1. The SMILES string of the molecule is CCOC(=O)C1CCN(C(=NC)NCCC(=O)N2CCc3sccc3C2)CC1.I. The van der Waals surface area contributed by atoms with E-state index in [1.54, 1.807) is 18.4 Å². The molecule has 0 aliphatic carbocycles. The van der Waals surface area contributed by atoms with Gasteiger partial charge in [0, 0.05) is 51.1 Å². The Morgan fingerprint density at radius 2 is 2.03 bits per heavy atom. The van der Waals surface area contributed by atoms with Gasteiger partial charge in [0.2, 0.25) is 5.91 Å². The molecule has 0 unspecified atom stereocenters. The number of amides is 1. The maximum atomic E-state index is 12.5. The predicted octanol–water partition coefficient (Wildman–Crippen LogP) is 2.49. The van der Waals surface area contributed by atoms with Gasteiger partial charge in [-0.1, -0.05) is 0 Å². The molecule has 1 aromatic heterocycles. The fourth-order valence-electron chi connectivity index (χ4n) is 3.82. The van der Waals surface area contributed by atoms with E-state index in [9.17, 15) is 9.59 Å². The zero-order chi connectivity index (χ0) is 19.9. The van der Waals surface area contributed by atoms with E-state index in [1.165, 1.54) is 10.4 Å². The number of ether oxygens (including phenoxy) is 1. The van der Waals surface area contributed by atoms with Gasteiger partial charge in [-0.3, -0.25) is 14.6 Å². The number of thiophene rings is 1. The molecule has 29 heavy (non-hydrogen) atoms. The summed E-state index contributed by atoms with van der Waals surface area (Å²) in [5, 5.41) is 5.41. The van der Waals surface area contributed by atoms with Crippen molar-refractivity contribution >= 4 is 53.1 Å². The van der Waals surface area contributed by atoms with Gasteiger partial charge >= 0.3 is 5.97 Å². The van der Waals surface area contributed by atoms with Crippen LogP contribution in [0.15, 0.2) is 16.4 Å². The number of rotatable bonds is 5. The summed E-state index contributed by atoms with van der Waals surface area (Å²) in [5.41, 5.74) is 1.29. The number of likely N-dealkylation sites (tertiary alicyclic amines) is 1. The Labute approximate surface area is 193 Å². The summed E-state index contributed by atoms with van der Waals surface area (Å²) < 4.78 is 5.12. The fraction of sp³-hybridized carbons (Fsp3) is 0.650. The van der Waals surface area contributed by atoms with Gasteiger partial charge in [-0.25, -0.2) is 0 Å². The van der Waals surface area contributed by atoms with Crippen molar-refractivity contribution < 1.29 is 14.3 Å². The molecule has 0 radical (unpaired) electrons. The third-order valence-electron chi connectivity index (χ3n) is 5.41. The van der Waals surface area contributed by atoms with Gasteiger partial charge < -0.3 is 19.9 Å². The number of hydrogen-bond acceptors (Lipinski definition) is 5. The van der Waals surface area contributed by atoms with Gasteiger partial charge in [0.25, 0.3) is 0 Å². The lowest BCUT2D eigenvalue weighted by atomic mass is 9.97. The summed E-state index contributed by atoms with van der Waals surface area (Å²) in [4.78, 5) is 34.3. The lowest BCUT2D eigenvalue weighted by Gasteiger charge is -2.33. The lowest BCUT2D eigenvalue weighted by Crippen LogP contribution is -2.47. The van der Waals surface area contributed by atoms with Crippen LogP contribution in [0.3, 0.4) is 0 Å². The Hall–Kier alpha value is -1.36. The van der Waals surface area contributed by atoms with E-state index in [0.29, 0.717) is 19.6 Å². The number of carbonyl (C=O) groups is 2. The zero-order valence-corrected chi connectivity index (χ0v) is 20.3. The average molecular weight is 534 g/mol. The van der Waals surface area contributed by atoms with Crippen LogP contribution in [0.1, 0.15) is 36.6 Å². The molecular formula is C20H31IN4O3S. The topological polar surface area (TPSA) is 74.2 Å². The van der Waals surface area contributed by atoms with Crippen molar-refractivity contribution in [2.24, 2.45) is 10.9 Å². The molecule has 0 aromatic carbocycles. The predicted molar refractivity (Wildman–Crippen MR) is 126 cm³/mol. The van der Waals surface area contributed by atoms with E-state index in [-0.39, 0.29) is 41.8 Å². The third kappa shape index (κ3) is 6.31. The van der Waals surface area contributed by atoms with E-state index in [1.807, 2.05) is 11.8 Å². The number of nitrogens with zero attached hydrogens (tertiary/aromatic N) is 3. The number of hydrogen-bond donors (Lipinski definition) is 1. The maximum Gasteiger partial charge on any atom is 0.309 e. The van der Waals surface area contributed by atoms with E-state index in [2.05, 4.69) is 26.7 Å². The largest absolute Gasteiger partial charge is 0.466 e. The van der Waals surface area contributed by atoms with Gasteiger partial charge in [0.1, 0.15) is 0 Å². The molecule has 0 spiro atoms. The van der Waals surface area contributed by atoms with Crippen molar-refractivity contribution in [3.05, 3.63) is 21.9 Å². The van der Waals surface area contributed by atoms with Crippen LogP contribution in [0.5, 0.6) is 0 Å². The Bertz CT molecular complexity index is 716. The molecule has 2 aliphatic rings. The standard InChI is InChI=1S/C20H30N4O3S.HI/c1-3-27-19(26)15-5-10-23(11-6-15)20(21-2)22-9-4-18(25)24-12-7-17-16(14-24)8-13-28-17;/h8,13,15H,3-7,9-12,14H2,1-2H3,(H,21,22);1H. The van der Waals surface area contributed by atoms with Crippen molar-refractivity contribution in [3.63, 3.8) is 0 Å². The molecule has 0 bridgehead atoms. The molecule has 1 fully saturated rings. The molecule has 0 saturated carbocycles. The molecule has 9 heteroatoms. The average Bonchev–Trinajstić information content (AvgIpc) is 3.19. The summed E-state index contributed by atoms with van der Waals surface area (Å²) in [6.45, 7) is 5.91. The monoisotopic (exact) mass is 534 g/mol. The third-order valence-corrected chi connectivity index (χ3v) is 6.43. The van der Waals surface area contributed by atoms with Crippen LogP contribution in [0.4, 0.5) is 0 Å². The minimum absolute atomic E-state index is 0. The van der Waals surface area contributed by atoms with Crippen LogP contribution in [0, 0.1) is 5.92 Å². The number of esters is 1. The quantitative estimate of drug-likeness (QED) is 0.272. The molecule has 0 atom stereocenters. The van der Waals surface area contributed by atoms with Gasteiger partial charge in [-0.05, 0) is 43.2 Å². The number of aliphatic imine (C=N–C) groups is 1. The molecular weight excluding hydrogens is 503 g/mol. The van der Waals surface area contributed by atoms with Crippen LogP contribution in [-0.2, 0) is 27.3 Å². The van der Waals surface area contributed by atoms with Crippen LogP contribution < -0.4 is 5.32 Å². The first kappa shape index (κ1) is 23.9. The smallest absolute Gasteiger partial charge is 0.309 e. The first-order valence-electron chi connectivity index (χ1n) is 10.1. The molecule has 2 aliphatic heterocycles. The lowest BCUT2D eigenvalue weighted by molar-refractivity contribution is -0.149. The van der Waals surface area contributed by atoms with Crippen molar-refractivity contribution in [3.8, 4) is 0 Å². The highest BCUT2D eigenvalue weighted by atomic mass is 127. The summed E-state index contributed by atoms with van der Waals surface area (Å²) in [5.74, 6) is 0.873. The summed E-state index contributed by atoms with van der Waals surface area (Å²) in [7, 11) is 1.75. The van der Waals surface area contributed by atoms with Crippen molar-refractivity contribution in [2.45, 2.75) is 39.2 Å².